The Bertz CT molecular complexity index is 1140. The van der Waals surface area contributed by atoms with Gasteiger partial charge in [0.2, 0.25) is 0 Å². The molecule has 0 radical (unpaired) electrons. The van der Waals surface area contributed by atoms with E-state index in [1.165, 1.54) is 18.4 Å². The van der Waals surface area contributed by atoms with Gasteiger partial charge in [-0.2, -0.15) is 0 Å². The maximum Gasteiger partial charge on any atom is 0.274 e. The fourth-order valence-corrected chi connectivity index (χ4v) is 3.55. The lowest BCUT2D eigenvalue weighted by Crippen LogP contribution is -2.22. The SMILES string of the molecule is COc1ccc(C=c2sc3nc4ccccc4n3c2=O)cc1O. The summed E-state index contributed by atoms with van der Waals surface area (Å²) in [6.45, 7) is 0. The molecule has 0 saturated carbocycles. The number of para-hydroxylation sites is 2. The van der Waals surface area contributed by atoms with Gasteiger partial charge in [-0.15, -0.1) is 0 Å². The number of hydrogen-bond acceptors (Lipinski definition) is 5. The maximum absolute atomic E-state index is 12.6. The summed E-state index contributed by atoms with van der Waals surface area (Å²) in [6.07, 6.45) is 1.75. The molecular formula is C17H12N2O3S. The van der Waals surface area contributed by atoms with E-state index in [1.54, 1.807) is 28.7 Å². The monoisotopic (exact) mass is 324 g/mol. The highest BCUT2D eigenvalue weighted by Crippen LogP contribution is 2.26. The van der Waals surface area contributed by atoms with E-state index in [0.29, 0.717) is 15.2 Å². The van der Waals surface area contributed by atoms with E-state index in [4.69, 9.17) is 4.74 Å². The molecule has 0 bridgehead atoms. The Morgan fingerprint density at radius 2 is 2.09 bits per heavy atom. The molecule has 0 atom stereocenters. The average molecular weight is 324 g/mol. The van der Waals surface area contributed by atoms with Gasteiger partial charge in [0.25, 0.3) is 5.56 Å². The third-order valence-corrected chi connectivity index (χ3v) is 4.61. The highest BCUT2D eigenvalue weighted by molar-refractivity contribution is 7.15. The first-order valence-corrected chi connectivity index (χ1v) is 7.78. The Morgan fingerprint density at radius 3 is 2.87 bits per heavy atom. The molecular weight excluding hydrogens is 312 g/mol. The molecule has 2 aromatic carbocycles. The van der Waals surface area contributed by atoms with Crippen LogP contribution in [0.4, 0.5) is 0 Å². The van der Waals surface area contributed by atoms with E-state index in [2.05, 4.69) is 4.98 Å². The molecule has 2 aromatic heterocycles. The van der Waals surface area contributed by atoms with Crippen LogP contribution in [0, 0.1) is 0 Å². The van der Waals surface area contributed by atoms with Crippen molar-refractivity contribution in [3.05, 3.63) is 62.9 Å². The number of methoxy groups -OCH3 is 1. The number of aromatic hydroxyl groups is 1. The fourth-order valence-electron chi connectivity index (χ4n) is 2.56. The van der Waals surface area contributed by atoms with Gasteiger partial charge in [0, 0.05) is 0 Å². The third kappa shape index (κ3) is 2.15. The standard InChI is InChI=1S/C17H12N2O3S/c1-22-14-7-6-10(8-13(14)20)9-15-16(21)19-12-5-3-2-4-11(12)18-17(19)23-15/h2-9,20H,1H3. The minimum Gasteiger partial charge on any atom is -0.504 e. The van der Waals surface area contributed by atoms with Crippen molar-refractivity contribution in [3.63, 3.8) is 0 Å². The molecule has 1 N–H and O–H groups in total. The molecule has 0 saturated heterocycles. The molecule has 0 aliphatic carbocycles. The molecule has 23 heavy (non-hydrogen) atoms. The van der Waals surface area contributed by atoms with E-state index in [9.17, 15) is 9.90 Å². The summed E-state index contributed by atoms with van der Waals surface area (Å²) in [7, 11) is 1.49. The zero-order valence-electron chi connectivity index (χ0n) is 12.2. The highest BCUT2D eigenvalue weighted by atomic mass is 32.1. The van der Waals surface area contributed by atoms with Crippen molar-refractivity contribution in [2.24, 2.45) is 0 Å². The first-order chi connectivity index (χ1) is 11.2. The Kier molecular flexibility index (Phi) is 3.06. The average Bonchev–Trinajstić information content (AvgIpc) is 3.05. The van der Waals surface area contributed by atoms with E-state index in [1.807, 2.05) is 24.3 Å². The van der Waals surface area contributed by atoms with Crippen LogP contribution in [0.2, 0.25) is 0 Å². The summed E-state index contributed by atoms with van der Waals surface area (Å²) in [4.78, 5) is 17.8. The van der Waals surface area contributed by atoms with Crippen molar-refractivity contribution in [2.75, 3.05) is 7.11 Å². The molecule has 2 heterocycles. The first kappa shape index (κ1) is 13.8. The van der Waals surface area contributed by atoms with Crippen molar-refractivity contribution in [2.45, 2.75) is 0 Å². The van der Waals surface area contributed by atoms with Crippen molar-refractivity contribution in [1.29, 1.82) is 0 Å². The van der Waals surface area contributed by atoms with Crippen molar-refractivity contribution in [1.82, 2.24) is 9.38 Å². The summed E-state index contributed by atoms with van der Waals surface area (Å²) >= 11 is 1.33. The maximum atomic E-state index is 12.6. The summed E-state index contributed by atoms with van der Waals surface area (Å²) in [5, 5.41) is 9.84. The summed E-state index contributed by atoms with van der Waals surface area (Å²) in [5.41, 5.74) is 2.24. The van der Waals surface area contributed by atoms with Crippen molar-refractivity contribution in [3.8, 4) is 11.5 Å². The van der Waals surface area contributed by atoms with E-state index < -0.39 is 0 Å². The highest BCUT2D eigenvalue weighted by Gasteiger charge is 2.10. The minimum atomic E-state index is -0.103. The lowest BCUT2D eigenvalue weighted by molar-refractivity contribution is 0.373. The molecule has 6 heteroatoms. The number of ether oxygens (including phenoxy) is 1. The van der Waals surface area contributed by atoms with Crippen LogP contribution in [0.25, 0.3) is 22.1 Å². The molecule has 0 unspecified atom stereocenters. The lowest BCUT2D eigenvalue weighted by Gasteiger charge is -2.02. The third-order valence-electron chi connectivity index (χ3n) is 3.65. The van der Waals surface area contributed by atoms with Gasteiger partial charge in [0.05, 0.1) is 22.7 Å². The number of fused-ring (bicyclic) bond motifs is 3. The lowest BCUT2D eigenvalue weighted by atomic mass is 10.2. The zero-order chi connectivity index (χ0) is 16.0. The van der Waals surface area contributed by atoms with Crippen LogP contribution in [0.5, 0.6) is 11.5 Å². The Morgan fingerprint density at radius 1 is 1.26 bits per heavy atom. The van der Waals surface area contributed by atoms with Crippen LogP contribution in [-0.2, 0) is 0 Å². The molecule has 0 fully saturated rings. The predicted molar refractivity (Wildman–Crippen MR) is 90.3 cm³/mol. The first-order valence-electron chi connectivity index (χ1n) is 6.96. The van der Waals surface area contributed by atoms with Crippen LogP contribution < -0.4 is 14.8 Å². The van der Waals surface area contributed by atoms with Gasteiger partial charge in [0.1, 0.15) is 0 Å². The van der Waals surface area contributed by atoms with Gasteiger partial charge in [-0.1, -0.05) is 29.5 Å². The minimum absolute atomic E-state index is 0.0421. The Labute approximate surface area is 134 Å². The molecule has 5 nitrogen and oxygen atoms in total. The molecule has 0 aliphatic heterocycles. The second-order valence-corrected chi connectivity index (χ2v) is 6.07. The van der Waals surface area contributed by atoms with Gasteiger partial charge >= 0.3 is 0 Å². The van der Waals surface area contributed by atoms with Crippen molar-refractivity contribution < 1.29 is 9.84 Å². The van der Waals surface area contributed by atoms with Gasteiger partial charge in [-0.05, 0) is 35.9 Å². The number of imidazole rings is 1. The number of nitrogens with zero attached hydrogens (tertiary/aromatic N) is 2. The van der Waals surface area contributed by atoms with E-state index in [-0.39, 0.29) is 11.3 Å². The topological polar surface area (TPSA) is 63.8 Å². The Balaban J connectivity index is 1.94. The quantitative estimate of drug-likeness (QED) is 0.614. The number of hydrogen-bond donors (Lipinski definition) is 1. The number of phenolic OH excluding ortho intramolecular Hbond substituents is 1. The number of thiazole rings is 1. The molecule has 0 amide bonds. The second kappa shape index (κ2) is 5.10. The number of benzene rings is 2. The smallest absolute Gasteiger partial charge is 0.274 e. The van der Waals surface area contributed by atoms with Crippen LogP contribution in [-0.4, -0.2) is 21.6 Å². The normalized spacial score (nSPS) is 12.3. The van der Waals surface area contributed by atoms with E-state index in [0.717, 1.165) is 16.6 Å². The van der Waals surface area contributed by atoms with Gasteiger partial charge < -0.3 is 9.84 Å². The van der Waals surface area contributed by atoms with Crippen LogP contribution in [0.1, 0.15) is 5.56 Å². The molecule has 4 aromatic rings. The van der Waals surface area contributed by atoms with Gasteiger partial charge in [-0.3, -0.25) is 4.79 Å². The van der Waals surface area contributed by atoms with E-state index >= 15 is 0 Å². The Hall–Kier alpha value is -2.86. The van der Waals surface area contributed by atoms with Gasteiger partial charge in [-0.25, -0.2) is 9.38 Å². The number of phenols is 1. The zero-order valence-corrected chi connectivity index (χ0v) is 13.0. The predicted octanol–water partition coefficient (Wildman–Crippen LogP) is 2.17. The van der Waals surface area contributed by atoms with Crippen LogP contribution in [0.3, 0.4) is 0 Å². The largest absolute Gasteiger partial charge is 0.504 e. The molecule has 0 aliphatic rings. The van der Waals surface area contributed by atoms with Crippen LogP contribution in [0.15, 0.2) is 47.3 Å². The molecule has 114 valence electrons. The summed E-state index contributed by atoms with van der Waals surface area (Å²) < 4.78 is 7.21. The molecule has 0 spiro atoms. The summed E-state index contributed by atoms with van der Waals surface area (Å²) in [6, 6.07) is 12.6. The molecule has 4 rings (SSSR count). The number of rotatable bonds is 2. The van der Waals surface area contributed by atoms with Crippen molar-refractivity contribution >= 4 is 33.4 Å². The van der Waals surface area contributed by atoms with Gasteiger partial charge in [0.15, 0.2) is 16.5 Å². The van der Waals surface area contributed by atoms with Crippen LogP contribution >= 0.6 is 11.3 Å². The second-order valence-electron chi connectivity index (χ2n) is 5.07. The summed E-state index contributed by atoms with van der Waals surface area (Å²) in [5.74, 6) is 0.442. The fraction of sp³-hybridized carbons (Fsp3) is 0.0588. The number of aromatic nitrogens is 2.